The molecule has 4 aromatic rings. The van der Waals surface area contributed by atoms with E-state index in [1.807, 2.05) is 47.7 Å². The summed E-state index contributed by atoms with van der Waals surface area (Å²) in [7, 11) is 0. The van der Waals surface area contributed by atoms with Gasteiger partial charge in [-0.15, -0.1) is 11.3 Å². The van der Waals surface area contributed by atoms with E-state index in [0.717, 1.165) is 54.8 Å². The molecule has 7 rings (SSSR count). The second-order valence-electron chi connectivity index (χ2n) is 11.6. The molecule has 0 unspecified atom stereocenters. The molecular formula is C40H33N3OS. The molecule has 220 valence electrons. The molecule has 0 bridgehead atoms. The summed E-state index contributed by atoms with van der Waals surface area (Å²) in [5, 5.41) is 11.2. The van der Waals surface area contributed by atoms with Gasteiger partial charge < -0.3 is 9.64 Å². The lowest BCUT2D eigenvalue weighted by Crippen LogP contribution is -2.28. The van der Waals surface area contributed by atoms with E-state index in [2.05, 4.69) is 82.6 Å². The van der Waals surface area contributed by atoms with Crippen LogP contribution in [0.4, 0.5) is 5.00 Å². The Bertz CT molecular complexity index is 1910. The van der Waals surface area contributed by atoms with E-state index >= 15 is 0 Å². The highest BCUT2D eigenvalue weighted by Gasteiger charge is 2.30. The van der Waals surface area contributed by atoms with Crippen molar-refractivity contribution >= 4 is 28.2 Å². The zero-order chi connectivity index (χ0) is 30.6. The molecule has 3 heterocycles. The number of nitriles is 1. The van der Waals surface area contributed by atoms with Gasteiger partial charge in [-0.1, -0.05) is 91.0 Å². The van der Waals surface area contributed by atoms with Crippen molar-refractivity contribution < 1.29 is 4.74 Å². The Labute approximate surface area is 269 Å². The fourth-order valence-corrected chi connectivity index (χ4v) is 8.00. The molecule has 45 heavy (non-hydrogen) atoms. The van der Waals surface area contributed by atoms with Gasteiger partial charge in [0.25, 0.3) is 5.70 Å². The van der Waals surface area contributed by atoms with Crippen LogP contribution in [0, 0.1) is 17.9 Å². The molecule has 0 radical (unpaired) electrons. The zero-order valence-electron chi connectivity index (χ0n) is 25.1. The van der Waals surface area contributed by atoms with Crippen molar-refractivity contribution in [1.82, 2.24) is 0 Å². The Morgan fingerprint density at radius 3 is 2.04 bits per heavy atom. The van der Waals surface area contributed by atoms with Crippen LogP contribution in [-0.4, -0.2) is 13.1 Å². The second kappa shape index (κ2) is 12.9. The monoisotopic (exact) mass is 603 g/mol. The lowest BCUT2D eigenvalue weighted by atomic mass is 9.85. The van der Waals surface area contributed by atoms with Crippen LogP contribution in [0.3, 0.4) is 0 Å². The predicted octanol–water partition coefficient (Wildman–Crippen LogP) is 10.7. The molecule has 3 aliphatic rings. The van der Waals surface area contributed by atoms with Gasteiger partial charge in [0.2, 0.25) is 0 Å². The molecule has 1 saturated heterocycles. The summed E-state index contributed by atoms with van der Waals surface area (Å²) >= 11 is 1.87. The third-order valence-corrected chi connectivity index (χ3v) is 9.97. The van der Waals surface area contributed by atoms with E-state index in [1.54, 1.807) is 0 Å². The van der Waals surface area contributed by atoms with Gasteiger partial charge in [-0.25, -0.2) is 10.1 Å². The van der Waals surface area contributed by atoms with Gasteiger partial charge in [0.05, 0.1) is 12.6 Å². The molecule has 1 aliphatic carbocycles. The summed E-state index contributed by atoms with van der Waals surface area (Å²) in [5.41, 5.74) is 8.75. The maximum absolute atomic E-state index is 9.92. The smallest absolute Gasteiger partial charge is 0.269 e. The molecule has 0 atom stereocenters. The van der Waals surface area contributed by atoms with E-state index < -0.39 is 0 Å². The quantitative estimate of drug-likeness (QED) is 0.168. The minimum atomic E-state index is 0.111. The number of ether oxygens (including phenoxy) is 1. The Morgan fingerprint density at radius 1 is 0.800 bits per heavy atom. The van der Waals surface area contributed by atoms with Gasteiger partial charge in [-0.2, -0.15) is 0 Å². The van der Waals surface area contributed by atoms with Gasteiger partial charge in [0.1, 0.15) is 16.5 Å². The first kappa shape index (κ1) is 28.7. The Morgan fingerprint density at radius 2 is 1.42 bits per heavy atom. The van der Waals surface area contributed by atoms with Gasteiger partial charge in [0.15, 0.2) is 0 Å². The van der Waals surface area contributed by atoms with Gasteiger partial charge in [0, 0.05) is 40.2 Å². The standard InChI is InChI=1S/C40H33N3OS/c1-42-34(27-41)33-26-35(28-15-6-2-7-16-28)44-39-31(21-14-22-32(33)39)25-36-37(29-17-8-3-9-18-29)38(30-19-10-4-11-20-30)40(45-36)43-23-12-5-13-24-43/h2-4,6-11,15-20,25-26H,5,12-14,21-24H2. The zero-order valence-corrected chi connectivity index (χ0v) is 25.9. The van der Waals surface area contributed by atoms with Gasteiger partial charge >= 0.3 is 0 Å². The van der Waals surface area contributed by atoms with Crippen molar-refractivity contribution in [3.8, 4) is 28.3 Å². The number of anilines is 1. The lowest BCUT2D eigenvalue weighted by Gasteiger charge is -2.29. The van der Waals surface area contributed by atoms with Crippen LogP contribution in [0.15, 0.2) is 125 Å². The first-order valence-corrected chi connectivity index (χ1v) is 16.5. The molecule has 4 nitrogen and oxygen atoms in total. The molecule has 3 aromatic carbocycles. The van der Waals surface area contributed by atoms with Crippen molar-refractivity contribution in [3.63, 3.8) is 0 Å². The number of hydrogen-bond donors (Lipinski definition) is 0. The summed E-state index contributed by atoms with van der Waals surface area (Å²) in [4.78, 5) is 7.42. The number of rotatable bonds is 5. The minimum Gasteiger partial charge on any atom is -0.456 e. The maximum atomic E-state index is 9.92. The lowest BCUT2D eigenvalue weighted by molar-refractivity contribution is 0.369. The van der Waals surface area contributed by atoms with E-state index in [0.29, 0.717) is 11.3 Å². The molecule has 2 aliphatic heterocycles. The van der Waals surface area contributed by atoms with E-state index in [4.69, 9.17) is 11.3 Å². The molecule has 5 heteroatoms. The van der Waals surface area contributed by atoms with Crippen molar-refractivity contribution in [2.75, 3.05) is 18.0 Å². The second-order valence-corrected chi connectivity index (χ2v) is 12.6. The molecule has 0 spiro atoms. The minimum absolute atomic E-state index is 0.111. The summed E-state index contributed by atoms with van der Waals surface area (Å²) < 4.78 is 6.73. The van der Waals surface area contributed by atoms with Gasteiger partial charge in [-0.05, 0) is 73.0 Å². The van der Waals surface area contributed by atoms with Crippen molar-refractivity contribution in [3.05, 3.63) is 147 Å². The number of allylic oxidation sites excluding steroid dienone is 5. The van der Waals surface area contributed by atoms with Crippen LogP contribution in [-0.2, 0) is 4.74 Å². The highest BCUT2D eigenvalue weighted by atomic mass is 32.1. The number of benzene rings is 3. The van der Waals surface area contributed by atoms with Crippen LogP contribution in [0.5, 0.6) is 0 Å². The van der Waals surface area contributed by atoms with Crippen molar-refractivity contribution in [2.45, 2.75) is 38.5 Å². The fourth-order valence-electron chi connectivity index (χ4n) is 6.64. The highest BCUT2D eigenvalue weighted by molar-refractivity contribution is 7.18. The van der Waals surface area contributed by atoms with E-state index in [1.165, 1.54) is 51.4 Å². The molecule has 0 amide bonds. The third-order valence-electron chi connectivity index (χ3n) is 8.77. The fraction of sp³-hybridized carbons (Fsp3) is 0.200. The predicted molar refractivity (Wildman–Crippen MR) is 185 cm³/mol. The van der Waals surface area contributed by atoms with E-state index in [-0.39, 0.29) is 5.70 Å². The van der Waals surface area contributed by atoms with Crippen molar-refractivity contribution in [1.29, 1.82) is 5.26 Å². The largest absolute Gasteiger partial charge is 0.456 e. The first-order chi connectivity index (χ1) is 22.2. The van der Waals surface area contributed by atoms with Crippen LogP contribution in [0.25, 0.3) is 38.9 Å². The molecule has 1 fully saturated rings. The van der Waals surface area contributed by atoms with Crippen LogP contribution < -0.4 is 4.90 Å². The topological polar surface area (TPSA) is 40.6 Å². The Hall–Kier alpha value is -5.10. The van der Waals surface area contributed by atoms with Crippen molar-refractivity contribution in [2.24, 2.45) is 0 Å². The molecule has 1 aromatic heterocycles. The highest BCUT2D eigenvalue weighted by Crippen LogP contribution is 2.51. The van der Waals surface area contributed by atoms with Crippen LogP contribution in [0.1, 0.15) is 49.0 Å². The Kier molecular flexibility index (Phi) is 8.19. The summed E-state index contributed by atoms with van der Waals surface area (Å²) in [6.45, 7) is 9.90. The summed E-state index contributed by atoms with van der Waals surface area (Å²) in [6, 6.07) is 33.6. The average molecular weight is 604 g/mol. The third kappa shape index (κ3) is 5.64. The average Bonchev–Trinajstić information content (AvgIpc) is 3.49. The molecule has 0 saturated carbocycles. The first-order valence-electron chi connectivity index (χ1n) is 15.7. The van der Waals surface area contributed by atoms with Crippen LogP contribution >= 0.6 is 11.3 Å². The van der Waals surface area contributed by atoms with Crippen LogP contribution in [0.2, 0.25) is 0 Å². The normalized spacial score (nSPS) is 18.4. The number of hydrogen-bond acceptors (Lipinski definition) is 4. The maximum Gasteiger partial charge on any atom is 0.269 e. The molecular weight excluding hydrogens is 571 g/mol. The molecule has 0 N–H and O–H groups in total. The summed E-state index contributed by atoms with van der Waals surface area (Å²) in [5.74, 6) is 1.46. The van der Waals surface area contributed by atoms with E-state index in [9.17, 15) is 5.26 Å². The summed E-state index contributed by atoms with van der Waals surface area (Å²) in [6.07, 6.45) is 10.5. The number of thiophene rings is 1. The van der Waals surface area contributed by atoms with Gasteiger partial charge in [-0.3, -0.25) is 0 Å². The Balaban J connectivity index is 1.45. The SMILES string of the molecule is [C-]#[N+]C(C#N)=C1C=C(c2ccccc2)OC2=C1CCCC2=Cc1sc(N2CCCCC2)c(-c2ccccc2)c1-c1ccccc1. The number of piperidine rings is 1. The number of nitrogens with zero attached hydrogens (tertiary/aromatic N) is 3.